The second kappa shape index (κ2) is 5.82. The van der Waals surface area contributed by atoms with Crippen molar-refractivity contribution in [3.8, 4) is 0 Å². The minimum Gasteiger partial charge on any atom is -0.378 e. The first-order valence-corrected chi connectivity index (χ1v) is 5.02. The molecule has 1 aliphatic heterocycles. The smallest absolute Gasteiger partial charge is 0.317 e. The van der Waals surface area contributed by atoms with Crippen molar-refractivity contribution in [1.82, 2.24) is 15.5 Å². The second-order valence-corrected chi connectivity index (χ2v) is 3.44. The number of carbonyl (C=O) groups is 1. The summed E-state index contributed by atoms with van der Waals surface area (Å²) in [6, 6.07) is 0.310. The van der Waals surface area contributed by atoms with Gasteiger partial charge in [-0.05, 0) is 14.0 Å². The van der Waals surface area contributed by atoms with Crippen LogP contribution in [0.1, 0.15) is 6.92 Å². The molecule has 1 heterocycles. The van der Waals surface area contributed by atoms with Crippen molar-refractivity contribution < 1.29 is 9.53 Å². The van der Waals surface area contributed by atoms with Crippen LogP contribution in [0.4, 0.5) is 4.79 Å². The van der Waals surface area contributed by atoms with Gasteiger partial charge in [0.15, 0.2) is 0 Å². The Morgan fingerprint density at radius 1 is 1.64 bits per heavy atom. The highest BCUT2D eigenvalue weighted by molar-refractivity contribution is 5.76. The molecule has 82 valence electrons. The largest absolute Gasteiger partial charge is 0.378 e. The fourth-order valence-corrected chi connectivity index (χ4v) is 1.41. The molecule has 2 amide bonds. The topological polar surface area (TPSA) is 53.6 Å². The molecule has 14 heavy (non-hydrogen) atoms. The summed E-state index contributed by atoms with van der Waals surface area (Å²) >= 11 is 0. The maximum absolute atomic E-state index is 11.3. The summed E-state index contributed by atoms with van der Waals surface area (Å²) in [4.78, 5) is 13.1. The molecular formula is C9H19N3O2. The number of likely N-dealkylation sites (N-methyl/N-ethyl adjacent to an activating group) is 1. The highest BCUT2D eigenvalue weighted by atomic mass is 16.5. The Balaban J connectivity index is 2.08. The van der Waals surface area contributed by atoms with E-state index in [-0.39, 0.29) is 12.1 Å². The number of ether oxygens (including phenoxy) is 1. The molecule has 1 fully saturated rings. The fraction of sp³-hybridized carbons (Fsp3) is 0.889. The number of hydrogen-bond donors (Lipinski definition) is 2. The van der Waals surface area contributed by atoms with E-state index in [2.05, 4.69) is 10.6 Å². The second-order valence-electron chi connectivity index (χ2n) is 3.44. The number of nitrogens with one attached hydrogen (secondary N) is 2. The zero-order valence-corrected chi connectivity index (χ0v) is 8.88. The molecule has 5 heteroatoms. The van der Waals surface area contributed by atoms with E-state index in [1.165, 1.54) is 0 Å². The van der Waals surface area contributed by atoms with Crippen LogP contribution in [0.25, 0.3) is 0 Å². The number of carbonyl (C=O) groups excluding carboxylic acids is 1. The van der Waals surface area contributed by atoms with Crippen molar-refractivity contribution in [2.75, 3.05) is 39.9 Å². The molecule has 5 nitrogen and oxygen atoms in total. The van der Waals surface area contributed by atoms with Crippen LogP contribution >= 0.6 is 0 Å². The standard InChI is InChI=1S/C9H19N3O2/c1-8-7-11-9(13)12(8)4-6-14-5-3-10-2/h8,10H,3-7H2,1-2H3,(H,11,13). The molecule has 2 N–H and O–H groups in total. The Bertz CT molecular complexity index is 187. The summed E-state index contributed by atoms with van der Waals surface area (Å²) in [6.45, 7) is 5.61. The molecule has 0 aromatic rings. The molecule has 0 spiro atoms. The van der Waals surface area contributed by atoms with E-state index in [4.69, 9.17) is 4.74 Å². The highest BCUT2D eigenvalue weighted by Gasteiger charge is 2.26. The fourth-order valence-electron chi connectivity index (χ4n) is 1.41. The number of amides is 2. The number of rotatable bonds is 6. The van der Waals surface area contributed by atoms with Gasteiger partial charge in [-0.1, -0.05) is 0 Å². The van der Waals surface area contributed by atoms with Crippen LogP contribution in [0.3, 0.4) is 0 Å². The highest BCUT2D eigenvalue weighted by Crippen LogP contribution is 2.04. The first-order chi connectivity index (χ1) is 6.75. The molecule has 1 unspecified atom stereocenters. The zero-order valence-electron chi connectivity index (χ0n) is 8.88. The quantitative estimate of drug-likeness (QED) is 0.577. The molecule has 0 bridgehead atoms. The summed E-state index contributed by atoms with van der Waals surface area (Å²) in [7, 11) is 1.89. The summed E-state index contributed by atoms with van der Waals surface area (Å²) < 4.78 is 5.35. The van der Waals surface area contributed by atoms with Crippen molar-refractivity contribution in [2.45, 2.75) is 13.0 Å². The Labute approximate surface area is 84.8 Å². The molecule has 0 radical (unpaired) electrons. The van der Waals surface area contributed by atoms with Crippen LogP contribution < -0.4 is 10.6 Å². The van der Waals surface area contributed by atoms with Crippen LogP contribution in [0.5, 0.6) is 0 Å². The maximum Gasteiger partial charge on any atom is 0.317 e. The van der Waals surface area contributed by atoms with Crippen LogP contribution in [0.15, 0.2) is 0 Å². The Morgan fingerprint density at radius 3 is 3.00 bits per heavy atom. The average Bonchev–Trinajstić information content (AvgIpc) is 2.48. The normalized spacial score (nSPS) is 21.4. The molecule has 0 aliphatic carbocycles. The third-order valence-electron chi connectivity index (χ3n) is 2.31. The molecule has 1 atom stereocenters. The third-order valence-corrected chi connectivity index (χ3v) is 2.31. The van der Waals surface area contributed by atoms with E-state index >= 15 is 0 Å². The summed E-state index contributed by atoms with van der Waals surface area (Å²) in [5, 5.41) is 5.79. The molecule has 0 aromatic carbocycles. The van der Waals surface area contributed by atoms with Gasteiger partial charge < -0.3 is 20.3 Å². The van der Waals surface area contributed by atoms with Gasteiger partial charge in [0.2, 0.25) is 0 Å². The van der Waals surface area contributed by atoms with Gasteiger partial charge in [0.05, 0.1) is 13.2 Å². The Kier molecular flexibility index (Phi) is 4.69. The van der Waals surface area contributed by atoms with Gasteiger partial charge >= 0.3 is 6.03 Å². The van der Waals surface area contributed by atoms with Crippen molar-refractivity contribution in [3.63, 3.8) is 0 Å². The summed E-state index contributed by atoms with van der Waals surface area (Å²) in [5.41, 5.74) is 0. The van der Waals surface area contributed by atoms with Gasteiger partial charge in [0.1, 0.15) is 0 Å². The molecule has 1 aliphatic rings. The monoisotopic (exact) mass is 201 g/mol. The van der Waals surface area contributed by atoms with Crippen molar-refractivity contribution >= 4 is 6.03 Å². The Hall–Kier alpha value is -0.810. The van der Waals surface area contributed by atoms with Crippen molar-refractivity contribution in [1.29, 1.82) is 0 Å². The van der Waals surface area contributed by atoms with Crippen molar-refractivity contribution in [2.24, 2.45) is 0 Å². The van der Waals surface area contributed by atoms with E-state index in [0.717, 1.165) is 13.1 Å². The van der Waals surface area contributed by atoms with Gasteiger partial charge in [-0.3, -0.25) is 0 Å². The average molecular weight is 201 g/mol. The molecular weight excluding hydrogens is 182 g/mol. The van der Waals surface area contributed by atoms with Gasteiger partial charge in [-0.2, -0.15) is 0 Å². The lowest BCUT2D eigenvalue weighted by Crippen LogP contribution is -2.35. The Morgan fingerprint density at radius 2 is 2.43 bits per heavy atom. The van der Waals surface area contributed by atoms with Gasteiger partial charge in [-0.15, -0.1) is 0 Å². The molecule has 1 rings (SSSR count). The minimum atomic E-state index is 0.0229. The molecule has 0 aromatic heterocycles. The van der Waals surface area contributed by atoms with Gasteiger partial charge in [0.25, 0.3) is 0 Å². The number of hydrogen-bond acceptors (Lipinski definition) is 3. The van der Waals surface area contributed by atoms with Crippen LogP contribution in [-0.2, 0) is 4.74 Å². The maximum atomic E-state index is 11.3. The van der Waals surface area contributed by atoms with Crippen molar-refractivity contribution in [3.05, 3.63) is 0 Å². The van der Waals surface area contributed by atoms with Crippen LogP contribution in [-0.4, -0.2) is 56.9 Å². The third kappa shape index (κ3) is 3.16. The van der Waals surface area contributed by atoms with E-state index in [1.807, 2.05) is 14.0 Å². The lowest BCUT2D eigenvalue weighted by atomic mass is 10.3. The van der Waals surface area contributed by atoms with Crippen LogP contribution in [0.2, 0.25) is 0 Å². The van der Waals surface area contributed by atoms with Gasteiger partial charge in [0, 0.05) is 25.7 Å². The summed E-state index contributed by atoms with van der Waals surface area (Å²) in [6.07, 6.45) is 0. The predicted octanol–water partition coefficient (Wildman–Crippen LogP) is -0.364. The van der Waals surface area contributed by atoms with E-state index in [9.17, 15) is 4.79 Å². The van der Waals surface area contributed by atoms with E-state index in [1.54, 1.807) is 4.90 Å². The SMILES string of the molecule is CNCCOCCN1C(=O)NCC1C. The molecule has 1 saturated heterocycles. The zero-order chi connectivity index (χ0) is 10.4. The molecule has 0 saturated carbocycles. The predicted molar refractivity (Wildman–Crippen MR) is 54.3 cm³/mol. The van der Waals surface area contributed by atoms with E-state index in [0.29, 0.717) is 19.8 Å². The number of urea groups is 1. The lowest BCUT2D eigenvalue weighted by Gasteiger charge is -2.19. The van der Waals surface area contributed by atoms with E-state index < -0.39 is 0 Å². The van der Waals surface area contributed by atoms with Crippen LogP contribution in [0, 0.1) is 0 Å². The lowest BCUT2D eigenvalue weighted by molar-refractivity contribution is 0.111. The first-order valence-electron chi connectivity index (χ1n) is 5.02. The number of nitrogens with zero attached hydrogens (tertiary/aromatic N) is 1. The first kappa shape index (κ1) is 11.3. The minimum absolute atomic E-state index is 0.0229. The summed E-state index contributed by atoms with van der Waals surface area (Å²) in [5.74, 6) is 0. The van der Waals surface area contributed by atoms with Gasteiger partial charge in [-0.25, -0.2) is 4.79 Å².